The fraction of sp³-hybridized carbons (Fsp3) is 0. The fourth-order valence-corrected chi connectivity index (χ4v) is 1.37. The molecule has 88 valence electrons. The monoisotopic (exact) mass is 255 g/mol. The van der Waals surface area contributed by atoms with Gasteiger partial charge in [0.2, 0.25) is 0 Å². The minimum Gasteiger partial charge on any atom is -0.399 e. The summed E-state index contributed by atoms with van der Waals surface area (Å²) < 4.78 is 0. The first-order chi connectivity index (χ1) is 8.67. The van der Waals surface area contributed by atoms with Gasteiger partial charge in [-0.05, 0) is 30.3 Å². The van der Waals surface area contributed by atoms with Crippen LogP contribution in [0.5, 0.6) is 0 Å². The zero-order valence-corrected chi connectivity index (χ0v) is 10.2. The zero-order valence-electron chi connectivity index (χ0n) is 9.47. The Bertz CT molecular complexity index is 595. The molecule has 0 bridgehead atoms. The first-order valence-corrected chi connectivity index (χ1v) is 5.45. The first-order valence-electron chi connectivity index (χ1n) is 5.07. The Morgan fingerprint density at radius 3 is 2.06 bits per heavy atom. The molecule has 0 aromatic heterocycles. The van der Waals surface area contributed by atoms with Gasteiger partial charge in [0, 0.05) is 5.69 Å². The normalized spacial score (nSPS) is 8.39. The van der Waals surface area contributed by atoms with Crippen molar-refractivity contribution in [2.24, 2.45) is 0 Å². The van der Waals surface area contributed by atoms with Gasteiger partial charge in [-0.3, -0.25) is 0 Å². The Morgan fingerprint density at radius 1 is 0.944 bits per heavy atom. The molecule has 0 unspecified atom stereocenters. The third-order valence-electron chi connectivity index (χ3n) is 2.02. The summed E-state index contributed by atoms with van der Waals surface area (Å²) in [7, 11) is 0. The van der Waals surface area contributed by atoms with Gasteiger partial charge < -0.3 is 5.73 Å². The van der Waals surface area contributed by atoms with Crippen molar-refractivity contribution in [1.29, 1.82) is 10.5 Å². The molecule has 2 aromatic carbocycles. The van der Waals surface area contributed by atoms with E-state index in [0.717, 1.165) is 0 Å². The lowest BCUT2D eigenvalue weighted by Crippen LogP contribution is -1.84. The third kappa shape index (κ3) is 4.17. The molecule has 0 heterocycles. The maximum atomic E-state index is 8.43. The van der Waals surface area contributed by atoms with Gasteiger partial charge in [0.1, 0.15) is 6.07 Å². The van der Waals surface area contributed by atoms with Gasteiger partial charge in [-0.1, -0.05) is 29.8 Å². The molecule has 4 heteroatoms. The molecule has 0 saturated carbocycles. The van der Waals surface area contributed by atoms with Gasteiger partial charge in [0.25, 0.3) is 0 Å². The Morgan fingerprint density at radius 2 is 1.61 bits per heavy atom. The highest BCUT2D eigenvalue weighted by Gasteiger charge is 1.96. The number of halogens is 1. The van der Waals surface area contributed by atoms with Crippen LogP contribution in [0.25, 0.3) is 0 Å². The van der Waals surface area contributed by atoms with E-state index in [-0.39, 0.29) is 0 Å². The van der Waals surface area contributed by atoms with Crippen LogP contribution in [0.2, 0.25) is 5.02 Å². The van der Waals surface area contributed by atoms with E-state index in [4.69, 9.17) is 27.9 Å². The van der Waals surface area contributed by atoms with E-state index < -0.39 is 0 Å². The molecule has 0 aliphatic rings. The lowest BCUT2D eigenvalue weighted by Gasteiger charge is -1.94. The molecule has 0 aliphatic carbocycles. The van der Waals surface area contributed by atoms with Crippen LogP contribution in [0, 0.1) is 22.7 Å². The molecule has 0 saturated heterocycles. The second-order valence-corrected chi connectivity index (χ2v) is 3.74. The van der Waals surface area contributed by atoms with Gasteiger partial charge in [-0.15, -0.1) is 0 Å². The molecule has 0 amide bonds. The Hall–Kier alpha value is -2.49. The lowest BCUT2D eigenvalue weighted by molar-refractivity contribution is 1.48. The van der Waals surface area contributed by atoms with Crippen molar-refractivity contribution in [2.75, 3.05) is 5.73 Å². The number of nitrogens with zero attached hydrogens (tertiary/aromatic N) is 2. The van der Waals surface area contributed by atoms with Gasteiger partial charge in [-0.2, -0.15) is 10.5 Å². The number of hydrogen-bond donors (Lipinski definition) is 1. The van der Waals surface area contributed by atoms with Gasteiger partial charge in [0.15, 0.2) is 0 Å². The molecule has 0 aliphatic heterocycles. The average molecular weight is 256 g/mol. The van der Waals surface area contributed by atoms with Crippen LogP contribution >= 0.6 is 11.6 Å². The molecular weight excluding hydrogens is 246 g/mol. The highest BCUT2D eigenvalue weighted by molar-refractivity contribution is 6.32. The van der Waals surface area contributed by atoms with Gasteiger partial charge in [0.05, 0.1) is 22.2 Å². The maximum Gasteiger partial charge on any atom is 0.101 e. The summed E-state index contributed by atoms with van der Waals surface area (Å²) in [6.07, 6.45) is 0. The highest BCUT2D eigenvalue weighted by atomic mass is 35.5. The second-order valence-electron chi connectivity index (χ2n) is 3.33. The topological polar surface area (TPSA) is 73.6 Å². The molecule has 18 heavy (non-hydrogen) atoms. The summed E-state index contributed by atoms with van der Waals surface area (Å²) in [4.78, 5) is 0. The molecule has 0 fully saturated rings. The van der Waals surface area contributed by atoms with E-state index in [9.17, 15) is 0 Å². The Balaban J connectivity index is 0.000000184. The molecule has 0 spiro atoms. The first kappa shape index (κ1) is 13.6. The van der Waals surface area contributed by atoms with Crippen molar-refractivity contribution in [3.63, 3.8) is 0 Å². The summed E-state index contributed by atoms with van der Waals surface area (Å²) in [6, 6.07) is 17.9. The Kier molecular flexibility index (Phi) is 5.25. The van der Waals surface area contributed by atoms with Crippen molar-refractivity contribution in [1.82, 2.24) is 0 Å². The number of nitrogen functional groups attached to an aromatic ring is 1. The number of nitriles is 2. The van der Waals surface area contributed by atoms with Gasteiger partial charge >= 0.3 is 0 Å². The van der Waals surface area contributed by atoms with E-state index in [1.807, 2.05) is 30.3 Å². The van der Waals surface area contributed by atoms with Crippen molar-refractivity contribution in [2.45, 2.75) is 0 Å². The van der Waals surface area contributed by atoms with Crippen LogP contribution in [0.1, 0.15) is 11.1 Å². The fourth-order valence-electron chi connectivity index (χ4n) is 1.13. The standard InChI is InChI=1S/C7H5ClN2.C7H5N/c8-7-3-6(10)2-1-5(7)4-9;8-6-7-4-2-1-3-5-7/h1-3H,10H2;1-5H. The summed E-state index contributed by atoms with van der Waals surface area (Å²) in [5, 5.41) is 17.1. The predicted octanol–water partition coefficient (Wildman–Crippen LogP) is 3.35. The molecule has 2 rings (SSSR count). The number of benzene rings is 2. The number of hydrogen-bond acceptors (Lipinski definition) is 3. The number of rotatable bonds is 0. The molecule has 2 aromatic rings. The van der Waals surface area contributed by atoms with Crippen LogP contribution < -0.4 is 5.73 Å². The maximum absolute atomic E-state index is 8.43. The van der Waals surface area contributed by atoms with E-state index in [0.29, 0.717) is 21.8 Å². The van der Waals surface area contributed by atoms with Crippen molar-refractivity contribution < 1.29 is 0 Å². The zero-order chi connectivity index (χ0) is 13.4. The van der Waals surface area contributed by atoms with Crippen LogP contribution in [-0.4, -0.2) is 0 Å². The number of anilines is 1. The smallest absolute Gasteiger partial charge is 0.101 e. The van der Waals surface area contributed by atoms with Gasteiger partial charge in [-0.25, -0.2) is 0 Å². The highest BCUT2D eigenvalue weighted by Crippen LogP contribution is 2.17. The predicted molar refractivity (Wildman–Crippen MR) is 71.7 cm³/mol. The minimum absolute atomic E-state index is 0.405. The summed E-state index contributed by atoms with van der Waals surface area (Å²) in [5.74, 6) is 0. The SMILES string of the molecule is N#Cc1ccc(N)cc1Cl.N#Cc1ccccc1. The molecule has 0 radical (unpaired) electrons. The van der Waals surface area contributed by atoms with E-state index >= 15 is 0 Å². The molecule has 3 nitrogen and oxygen atoms in total. The molecule has 0 atom stereocenters. The minimum atomic E-state index is 0.405. The largest absolute Gasteiger partial charge is 0.399 e. The summed E-state index contributed by atoms with van der Waals surface area (Å²) >= 11 is 5.63. The Labute approximate surface area is 111 Å². The summed E-state index contributed by atoms with van der Waals surface area (Å²) in [5.41, 5.74) is 7.13. The van der Waals surface area contributed by atoms with E-state index in [1.54, 1.807) is 30.3 Å². The third-order valence-corrected chi connectivity index (χ3v) is 2.33. The van der Waals surface area contributed by atoms with Crippen molar-refractivity contribution in [3.8, 4) is 12.1 Å². The van der Waals surface area contributed by atoms with Crippen LogP contribution in [0.4, 0.5) is 5.69 Å². The van der Waals surface area contributed by atoms with E-state index in [2.05, 4.69) is 0 Å². The van der Waals surface area contributed by atoms with Crippen molar-refractivity contribution >= 4 is 17.3 Å². The van der Waals surface area contributed by atoms with Crippen LogP contribution in [0.3, 0.4) is 0 Å². The molecular formula is C14H10ClN3. The second kappa shape index (κ2) is 6.96. The van der Waals surface area contributed by atoms with E-state index in [1.165, 1.54) is 0 Å². The number of nitrogens with two attached hydrogens (primary N) is 1. The average Bonchev–Trinajstić information content (AvgIpc) is 2.40. The van der Waals surface area contributed by atoms with Crippen LogP contribution in [-0.2, 0) is 0 Å². The quantitative estimate of drug-likeness (QED) is 0.734. The van der Waals surface area contributed by atoms with Crippen molar-refractivity contribution in [3.05, 3.63) is 64.7 Å². The lowest BCUT2D eigenvalue weighted by atomic mass is 10.2. The molecule has 2 N–H and O–H groups in total. The summed E-state index contributed by atoms with van der Waals surface area (Å²) in [6.45, 7) is 0. The van der Waals surface area contributed by atoms with Crippen LogP contribution in [0.15, 0.2) is 48.5 Å².